The monoisotopic (exact) mass is 458 g/mol. The molecule has 0 amide bonds. The lowest BCUT2D eigenvalue weighted by atomic mass is 10.1. The molecule has 0 aromatic rings. The molecule has 3 heterocycles. The first-order chi connectivity index (χ1) is 14.0. The van der Waals surface area contributed by atoms with Gasteiger partial charge < -0.3 is 22.6 Å². The zero-order valence-corrected chi connectivity index (χ0v) is 22.8. The molecule has 3 aliphatic heterocycles. The fourth-order valence-electron chi connectivity index (χ4n) is 5.56. The summed E-state index contributed by atoms with van der Waals surface area (Å²) in [5.74, 6) is 0. The highest BCUT2D eigenvalue weighted by molar-refractivity contribution is 6.83. The average molecular weight is 459 g/mol. The third kappa shape index (κ3) is 4.48. The molecule has 0 N–H and O–H groups in total. The summed E-state index contributed by atoms with van der Waals surface area (Å²) in [6, 6.07) is 0.299. The quantitative estimate of drug-likeness (QED) is 0.581. The Morgan fingerprint density at radius 1 is 0.733 bits per heavy atom. The van der Waals surface area contributed by atoms with Gasteiger partial charge in [0.05, 0.1) is 25.4 Å². The summed E-state index contributed by atoms with van der Waals surface area (Å²) >= 11 is 0. The van der Waals surface area contributed by atoms with Crippen molar-refractivity contribution in [1.82, 2.24) is 9.80 Å². The van der Waals surface area contributed by atoms with E-state index in [0.717, 1.165) is 32.8 Å². The smallest absolute Gasteiger partial charge is 0.335 e. The maximum absolute atomic E-state index is 7.32. The number of hydrogen-bond donors (Lipinski definition) is 0. The van der Waals surface area contributed by atoms with Crippen molar-refractivity contribution in [3.63, 3.8) is 0 Å². The molecule has 0 aliphatic carbocycles. The molecule has 0 radical (unpaired) electrons. The van der Waals surface area contributed by atoms with Crippen molar-refractivity contribution in [2.75, 3.05) is 46.4 Å². The van der Waals surface area contributed by atoms with E-state index in [9.17, 15) is 0 Å². The van der Waals surface area contributed by atoms with Crippen LogP contribution in [-0.4, -0.2) is 91.6 Å². The van der Waals surface area contributed by atoms with E-state index in [1.165, 1.54) is 0 Å². The molecule has 3 atom stereocenters. The van der Waals surface area contributed by atoms with Gasteiger partial charge in [-0.1, -0.05) is 55.4 Å². The van der Waals surface area contributed by atoms with Gasteiger partial charge in [0.15, 0.2) is 0 Å². The fraction of sp³-hybridized carbons (Fsp3) is 1.00. The molecule has 0 saturated carbocycles. The van der Waals surface area contributed by atoms with E-state index in [2.05, 4.69) is 72.2 Å². The van der Waals surface area contributed by atoms with Gasteiger partial charge in [-0.3, -0.25) is 4.90 Å². The number of ether oxygens (including phenoxy) is 1. The Balaban J connectivity index is 1.96. The van der Waals surface area contributed by atoms with E-state index in [1.807, 2.05) is 0 Å². The van der Waals surface area contributed by atoms with Crippen molar-refractivity contribution in [2.45, 2.75) is 95.8 Å². The third-order valence-electron chi connectivity index (χ3n) is 7.57. The molecule has 0 aromatic heterocycles. The van der Waals surface area contributed by atoms with Crippen LogP contribution in [0.15, 0.2) is 0 Å². The van der Waals surface area contributed by atoms with Gasteiger partial charge in [-0.15, -0.1) is 0 Å². The molecule has 176 valence electrons. The molecule has 0 unspecified atom stereocenters. The number of nitrogens with zero attached hydrogens (tertiary/aromatic N) is 2. The fourth-order valence-corrected chi connectivity index (χ4v) is 16.8. The van der Waals surface area contributed by atoms with Crippen LogP contribution in [0.4, 0.5) is 0 Å². The summed E-state index contributed by atoms with van der Waals surface area (Å²) in [5, 5.41) is 0. The topological polar surface area (TPSA) is 43.4 Å². The Kier molecular flexibility index (Phi) is 7.94. The van der Waals surface area contributed by atoms with Crippen LogP contribution >= 0.6 is 0 Å². The highest BCUT2D eigenvalue weighted by Gasteiger charge is 2.60. The van der Waals surface area contributed by atoms with Crippen LogP contribution in [0.25, 0.3) is 0 Å². The van der Waals surface area contributed by atoms with Gasteiger partial charge >= 0.3 is 17.1 Å². The van der Waals surface area contributed by atoms with Gasteiger partial charge in [0, 0.05) is 26.2 Å². The zero-order chi connectivity index (χ0) is 22.3. The second kappa shape index (κ2) is 9.59. The van der Waals surface area contributed by atoms with Crippen molar-refractivity contribution in [3.05, 3.63) is 0 Å². The van der Waals surface area contributed by atoms with Crippen molar-refractivity contribution in [1.29, 1.82) is 0 Å². The summed E-state index contributed by atoms with van der Waals surface area (Å²) in [7, 11) is -2.84. The lowest BCUT2D eigenvalue weighted by Gasteiger charge is -2.52. The second-order valence-electron chi connectivity index (χ2n) is 10.8. The highest BCUT2D eigenvalue weighted by Crippen LogP contribution is 2.47. The Hall–Kier alpha value is 0.194. The van der Waals surface area contributed by atoms with E-state index >= 15 is 0 Å². The van der Waals surface area contributed by atoms with Crippen LogP contribution in [0.1, 0.15) is 55.4 Å². The third-order valence-corrected chi connectivity index (χ3v) is 17.8. The number of rotatable bonds is 5. The van der Waals surface area contributed by atoms with Crippen LogP contribution in [0.3, 0.4) is 0 Å². The first kappa shape index (κ1) is 24.8. The lowest BCUT2D eigenvalue weighted by Crippen LogP contribution is -2.67. The van der Waals surface area contributed by atoms with Crippen molar-refractivity contribution < 1.29 is 17.7 Å². The van der Waals surface area contributed by atoms with Crippen LogP contribution in [0, 0.1) is 0 Å². The summed E-state index contributed by atoms with van der Waals surface area (Å²) in [6.45, 7) is 24.0. The number of hydrogen-bond acceptors (Lipinski definition) is 6. The van der Waals surface area contributed by atoms with Gasteiger partial charge in [0.25, 0.3) is 0 Å². The van der Waals surface area contributed by atoms with Crippen molar-refractivity contribution in [2.24, 2.45) is 0 Å². The predicted molar refractivity (Wildman–Crippen MR) is 126 cm³/mol. The molecule has 0 aromatic carbocycles. The van der Waals surface area contributed by atoms with E-state index in [-0.39, 0.29) is 12.2 Å². The van der Waals surface area contributed by atoms with E-state index in [4.69, 9.17) is 17.7 Å². The maximum Gasteiger partial charge on any atom is 0.335 e. The van der Waals surface area contributed by atoms with Crippen molar-refractivity contribution >= 4 is 17.1 Å². The minimum atomic E-state index is -2.57. The van der Waals surface area contributed by atoms with E-state index in [0.29, 0.717) is 34.8 Å². The molecular weight excluding hydrogens is 412 g/mol. The van der Waals surface area contributed by atoms with Crippen molar-refractivity contribution in [3.8, 4) is 0 Å². The van der Waals surface area contributed by atoms with Gasteiger partial charge in [0.2, 0.25) is 0 Å². The standard InChI is InChI=1S/C22H46N2O4Si2/c1-16(2)29(17(3)4)26-15-21-22(27-30(28-29,18(5)6)19(7)8)20(14-25-21)24-12-10-23(9)11-13-24/h16-22H,10-15H2,1-9H3/t20-,21+,22-/m0/s1. The van der Waals surface area contributed by atoms with Gasteiger partial charge in [-0.2, -0.15) is 0 Å². The van der Waals surface area contributed by atoms with Gasteiger partial charge in [-0.05, 0) is 29.2 Å². The Morgan fingerprint density at radius 3 is 1.77 bits per heavy atom. The van der Waals surface area contributed by atoms with E-state index < -0.39 is 17.1 Å². The summed E-state index contributed by atoms with van der Waals surface area (Å²) in [4.78, 5) is 4.99. The molecule has 3 fully saturated rings. The first-order valence-corrected chi connectivity index (χ1v) is 16.0. The van der Waals surface area contributed by atoms with E-state index in [1.54, 1.807) is 0 Å². The Labute approximate surface area is 187 Å². The lowest BCUT2D eigenvalue weighted by molar-refractivity contribution is -0.0279. The number of fused-ring (bicyclic) bond motifs is 1. The Morgan fingerprint density at radius 2 is 1.27 bits per heavy atom. The Bertz CT molecular complexity index is 551. The molecule has 0 spiro atoms. The predicted octanol–water partition coefficient (Wildman–Crippen LogP) is 3.96. The largest absolute Gasteiger partial charge is 0.414 e. The van der Waals surface area contributed by atoms with Crippen LogP contribution in [0.2, 0.25) is 22.2 Å². The molecule has 3 saturated heterocycles. The van der Waals surface area contributed by atoms with Crippen LogP contribution in [-0.2, 0) is 17.7 Å². The molecule has 8 heteroatoms. The normalized spacial score (nSPS) is 33.3. The summed E-state index contributed by atoms with van der Waals surface area (Å²) in [6.07, 6.45) is 0.0449. The SMILES string of the molecule is CC(C)[Si]1(C(C)C)OC[C@H]2OC[C@H](N3CCN(C)CC3)[C@@H]2O[Si](C(C)C)(C(C)C)O1. The molecule has 3 rings (SSSR count). The number of likely N-dealkylation sites (N-methyl/N-ethyl adjacent to an activating group) is 1. The van der Waals surface area contributed by atoms with Gasteiger partial charge in [0.1, 0.15) is 6.10 Å². The molecular formula is C22H46N2O4Si2. The molecule has 6 nitrogen and oxygen atoms in total. The molecule has 30 heavy (non-hydrogen) atoms. The summed E-state index contributed by atoms with van der Waals surface area (Å²) in [5.41, 5.74) is 1.46. The van der Waals surface area contributed by atoms with Crippen LogP contribution < -0.4 is 0 Å². The minimum absolute atomic E-state index is 0.00676. The van der Waals surface area contributed by atoms with Gasteiger partial charge in [-0.25, -0.2) is 0 Å². The first-order valence-electron chi connectivity index (χ1n) is 12.1. The average Bonchev–Trinajstić information content (AvgIpc) is 3.03. The maximum atomic E-state index is 7.32. The highest BCUT2D eigenvalue weighted by atomic mass is 28.5. The van der Waals surface area contributed by atoms with Crippen LogP contribution in [0.5, 0.6) is 0 Å². The number of piperazine rings is 1. The second-order valence-corrected chi connectivity index (χ2v) is 19.7. The zero-order valence-electron chi connectivity index (χ0n) is 20.8. The molecule has 3 aliphatic rings. The molecule has 0 bridgehead atoms. The minimum Gasteiger partial charge on any atom is -0.414 e. The summed E-state index contributed by atoms with van der Waals surface area (Å²) < 4.78 is 27.8.